The summed E-state index contributed by atoms with van der Waals surface area (Å²) in [7, 11) is 2.16. The smallest absolute Gasteiger partial charge is 0.0787 e. The van der Waals surface area contributed by atoms with Crippen LogP contribution in [0.4, 0.5) is 5.69 Å². The maximum atomic E-state index is 9.75. The van der Waals surface area contributed by atoms with E-state index in [9.17, 15) is 5.11 Å². The number of hydrogen-bond acceptors (Lipinski definition) is 2. The Hall–Kier alpha value is -1.02. The molecule has 0 spiro atoms. The molecule has 2 heteroatoms. The fraction of sp³-hybridized carbons (Fsp3) is 0.600. The minimum atomic E-state index is -0.324. The summed E-state index contributed by atoms with van der Waals surface area (Å²) in [4.78, 5) is 2.35. The molecule has 0 radical (unpaired) electrons. The number of anilines is 1. The molecule has 2 atom stereocenters. The van der Waals surface area contributed by atoms with Crippen molar-refractivity contribution in [2.24, 2.45) is 5.92 Å². The third-order valence-electron chi connectivity index (χ3n) is 3.99. The van der Waals surface area contributed by atoms with E-state index in [-0.39, 0.29) is 6.10 Å². The first-order valence-electron chi connectivity index (χ1n) is 6.64. The number of aliphatic hydroxyl groups is 1. The maximum Gasteiger partial charge on any atom is 0.0787 e. The molecule has 0 heterocycles. The van der Waals surface area contributed by atoms with E-state index < -0.39 is 0 Å². The molecule has 1 saturated carbocycles. The first kappa shape index (κ1) is 12.4. The molecular weight excluding hydrogens is 210 g/mol. The van der Waals surface area contributed by atoms with Crippen molar-refractivity contribution < 1.29 is 5.11 Å². The maximum absolute atomic E-state index is 9.75. The number of aliphatic hydroxyl groups excluding tert-OH is 1. The molecule has 0 aromatic heterocycles. The summed E-state index contributed by atoms with van der Waals surface area (Å²) >= 11 is 0. The van der Waals surface area contributed by atoms with Crippen LogP contribution in [0, 0.1) is 5.92 Å². The van der Waals surface area contributed by atoms with Gasteiger partial charge in [0.25, 0.3) is 0 Å². The molecule has 2 rings (SSSR count). The normalized spacial score (nSPS) is 18.8. The van der Waals surface area contributed by atoms with Crippen molar-refractivity contribution in [3.63, 3.8) is 0 Å². The van der Waals surface area contributed by atoms with Crippen LogP contribution in [0.25, 0.3) is 0 Å². The van der Waals surface area contributed by atoms with Gasteiger partial charge in [-0.15, -0.1) is 0 Å². The summed E-state index contributed by atoms with van der Waals surface area (Å²) in [5.74, 6) is 0.876. The van der Waals surface area contributed by atoms with E-state index in [1.54, 1.807) is 0 Å². The van der Waals surface area contributed by atoms with Crippen molar-refractivity contribution in [3.8, 4) is 0 Å². The van der Waals surface area contributed by atoms with Crippen LogP contribution in [0.3, 0.4) is 0 Å². The molecule has 0 aliphatic heterocycles. The van der Waals surface area contributed by atoms with Gasteiger partial charge in [0, 0.05) is 18.8 Å². The molecule has 0 saturated heterocycles. The van der Waals surface area contributed by atoms with E-state index in [0.29, 0.717) is 6.04 Å². The molecule has 1 aliphatic carbocycles. The molecule has 1 fully saturated rings. The molecule has 17 heavy (non-hydrogen) atoms. The monoisotopic (exact) mass is 233 g/mol. The Kier molecular flexibility index (Phi) is 3.72. The first-order chi connectivity index (χ1) is 8.13. The quantitative estimate of drug-likeness (QED) is 0.843. The van der Waals surface area contributed by atoms with Gasteiger partial charge in [-0.1, -0.05) is 19.1 Å². The van der Waals surface area contributed by atoms with Crippen molar-refractivity contribution in [3.05, 3.63) is 29.8 Å². The molecule has 1 aromatic rings. The number of nitrogens with zero attached hydrogens (tertiary/aromatic N) is 1. The SMILES string of the molecule is CCC(O)c1ccc(N(C)C(C)C2CC2)cc1. The number of hydrogen-bond donors (Lipinski definition) is 1. The third-order valence-corrected chi connectivity index (χ3v) is 3.99. The Labute approximate surface area is 104 Å². The van der Waals surface area contributed by atoms with Gasteiger partial charge in [0.2, 0.25) is 0 Å². The average Bonchev–Trinajstić information content (AvgIpc) is 3.20. The molecule has 1 N–H and O–H groups in total. The zero-order valence-electron chi connectivity index (χ0n) is 11.1. The van der Waals surface area contributed by atoms with Crippen molar-refractivity contribution in [2.75, 3.05) is 11.9 Å². The highest BCUT2D eigenvalue weighted by Gasteiger charge is 2.30. The van der Waals surface area contributed by atoms with Gasteiger partial charge in [-0.3, -0.25) is 0 Å². The van der Waals surface area contributed by atoms with Crippen molar-refractivity contribution in [2.45, 2.75) is 45.3 Å². The highest BCUT2D eigenvalue weighted by molar-refractivity contribution is 5.48. The lowest BCUT2D eigenvalue weighted by Gasteiger charge is -2.27. The van der Waals surface area contributed by atoms with Crippen LogP contribution >= 0.6 is 0 Å². The lowest BCUT2D eigenvalue weighted by molar-refractivity contribution is 0.173. The standard InChI is InChI=1S/C15H23NO/c1-4-15(17)13-7-9-14(10-8-13)16(3)11(2)12-5-6-12/h7-12,15,17H,4-6H2,1-3H3. The molecule has 0 bridgehead atoms. The predicted molar refractivity (Wildman–Crippen MR) is 72.3 cm³/mol. The van der Waals surface area contributed by atoms with E-state index in [0.717, 1.165) is 17.9 Å². The van der Waals surface area contributed by atoms with Gasteiger partial charge in [-0.25, -0.2) is 0 Å². The second-order valence-corrected chi connectivity index (χ2v) is 5.20. The van der Waals surface area contributed by atoms with Crippen LogP contribution in [0.15, 0.2) is 24.3 Å². The topological polar surface area (TPSA) is 23.5 Å². The van der Waals surface area contributed by atoms with Crippen LogP contribution < -0.4 is 4.90 Å². The average molecular weight is 233 g/mol. The summed E-state index contributed by atoms with van der Waals surface area (Å²) in [6, 6.07) is 8.94. The van der Waals surface area contributed by atoms with Gasteiger partial charge in [0.05, 0.1) is 6.10 Å². The lowest BCUT2D eigenvalue weighted by Crippen LogP contribution is -2.30. The molecular formula is C15H23NO. The van der Waals surface area contributed by atoms with Crippen molar-refractivity contribution in [1.29, 1.82) is 0 Å². The minimum Gasteiger partial charge on any atom is -0.388 e. The van der Waals surface area contributed by atoms with E-state index in [1.807, 2.05) is 19.1 Å². The minimum absolute atomic E-state index is 0.324. The summed E-state index contributed by atoms with van der Waals surface area (Å²) < 4.78 is 0. The van der Waals surface area contributed by atoms with Crippen molar-refractivity contribution in [1.82, 2.24) is 0 Å². The number of rotatable bonds is 5. The van der Waals surface area contributed by atoms with Crippen LogP contribution in [-0.2, 0) is 0 Å². The predicted octanol–water partition coefficient (Wildman–Crippen LogP) is 3.36. The fourth-order valence-electron chi connectivity index (χ4n) is 2.30. The third kappa shape index (κ3) is 2.81. The lowest BCUT2D eigenvalue weighted by atomic mass is 10.1. The Morgan fingerprint density at radius 2 is 1.88 bits per heavy atom. The molecule has 2 unspecified atom stereocenters. The number of benzene rings is 1. The molecule has 1 aliphatic rings. The fourth-order valence-corrected chi connectivity index (χ4v) is 2.30. The van der Waals surface area contributed by atoms with Gasteiger partial charge in [-0.2, -0.15) is 0 Å². The van der Waals surface area contributed by atoms with Gasteiger partial charge < -0.3 is 10.0 Å². The van der Waals surface area contributed by atoms with Crippen molar-refractivity contribution >= 4 is 5.69 Å². The van der Waals surface area contributed by atoms with Gasteiger partial charge in [-0.05, 0) is 49.8 Å². The van der Waals surface area contributed by atoms with Crippen LogP contribution in [0.5, 0.6) is 0 Å². The molecule has 1 aromatic carbocycles. The van der Waals surface area contributed by atoms with Crippen LogP contribution in [0.1, 0.15) is 44.8 Å². The highest BCUT2D eigenvalue weighted by Crippen LogP contribution is 2.36. The van der Waals surface area contributed by atoms with Gasteiger partial charge in [0.15, 0.2) is 0 Å². The van der Waals surface area contributed by atoms with E-state index >= 15 is 0 Å². The Balaban J connectivity index is 2.06. The van der Waals surface area contributed by atoms with E-state index in [1.165, 1.54) is 18.5 Å². The van der Waals surface area contributed by atoms with Crippen LogP contribution in [-0.4, -0.2) is 18.2 Å². The first-order valence-corrected chi connectivity index (χ1v) is 6.64. The second-order valence-electron chi connectivity index (χ2n) is 5.20. The molecule has 0 amide bonds. The molecule has 2 nitrogen and oxygen atoms in total. The summed E-state index contributed by atoms with van der Waals surface area (Å²) in [6.45, 7) is 4.30. The zero-order valence-corrected chi connectivity index (χ0v) is 11.1. The Morgan fingerprint density at radius 3 is 2.35 bits per heavy atom. The summed E-state index contributed by atoms with van der Waals surface area (Å²) in [6.07, 6.45) is 3.19. The summed E-state index contributed by atoms with van der Waals surface area (Å²) in [5.41, 5.74) is 2.26. The van der Waals surface area contributed by atoms with E-state index in [4.69, 9.17) is 0 Å². The second kappa shape index (κ2) is 5.09. The Bertz CT molecular complexity index is 356. The van der Waals surface area contributed by atoms with E-state index in [2.05, 4.69) is 31.0 Å². The summed E-state index contributed by atoms with van der Waals surface area (Å²) in [5, 5.41) is 9.75. The van der Waals surface area contributed by atoms with Gasteiger partial charge in [0.1, 0.15) is 0 Å². The Morgan fingerprint density at radius 1 is 1.29 bits per heavy atom. The zero-order chi connectivity index (χ0) is 12.4. The van der Waals surface area contributed by atoms with Gasteiger partial charge >= 0.3 is 0 Å². The largest absolute Gasteiger partial charge is 0.388 e. The van der Waals surface area contributed by atoms with Crippen LogP contribution in [0.2, 0.25) is 0 Å². The highest BCUT2D eigenvalue weighted by atomic mass is 16.3. The molecule has 94 valence electrons.